The Labute approximate surface area is 196 Å². The van der Waals surface area contributed by atoms with Gasteiger partial charge in [0.1, 0.15) is 6.61 Å². The molecule has 0 atom stereocenters. The lowest BCUT2D eigenvalue weighted by molar-refractivity contribution is -0.712. The average molecular weight is 448 g/mol. The molecule has 1 rings (SSSR count). The van der Waals surface area contributed by atoms with Gasteiger partial charge in [0.05, 0.1) is 6.54 Å². The van der Waals surface area contributed by atoms with Gasteiger partial charge < -0.3 is 4.74 Å². The van der Waals surface area contributed by atoms with Gasteiger partial charge in [0.2, 0.25) is 13.1 Å². The van der Waals surface area contributed by atoms with Gasteiger partial charge in [-0.15, -0.1) is 0 Å². The molecule has 0 aliphatic rings. The number of ether oxygens (including phenoxy) is 1. The molecule has 182 valence electrons. The zero-order chi connectivity index (χ0) is 23.1. The Morgan fingerprint density at radius 1 is 0.781 bits per heavy atom. The maximum atomic E-state index is 11.9. The van der Waals surface area contributed by atoms with Crippen LogP contribution in [0.2, 0.25) is 0 Å². The fourth-order valence-corrected chi connectivity index (χ4v) is 3.88. The van der Waals surface area contributed by atoms with Gasteiger partial charge >= 0.3 is 5.97 Å². The van der Waals surface area contributed by atoms with Gasteiger partial charge in [-0.2, -0.15) is 4.57 Å². The summed E-state index contributed by atoms with van der Waals surface area (Å²) in [6.07, 6.45) is 24.8. The summed E-state index contributed by atoms with van der Waals surface area (Å²) in [5.41, 5.74) is 0. The molecule has 0 radical (unpaired) electrons. The number of carbonyl (C=O) groups is 2. The molecule has 1 aromatic rings. The summed E-state index contributed by atoms with van der Waals surface area (Å²) in [7, 11) is 0. The fraction of sp³-hybridized carbons (Fsp3) is 0.741. The van der Waals surface area contributed by atoms with Crippen molar-refractivity contribution in [2.24, 2.45) is 0 Å². The van der Waals surface area contributed by atoms with Crippen LogP contribution in [0.15, 0.2) is 30.6 Å². The zero-order valence-electron chi connectivity index (χ0n) is 20.5. The monoisotopic (exact) mass is 447 g/mol. The van der Waals surface area contributed by atoms with Crippen molar-refractivity contribution in [1.82, 2.24) is 4.90 Å². The molecule has 0 bridgehead atoms. The Morgan fingerprint density at radius 2 is 1.28 bits per heavy atom. The topological polar surface area (TPSA) is 50.5 Å². The van der Waals surface area contributed by atoms with E-state index in [9.17, 15) is 9.59 Å². The smallest absolute Gasteiger partial charge is 0.305 e. The van der Waals surface area contributed by atoms with Gasteiger partial charge in [-0.3, -0.25) is 14.5 Å². The van der Waals surface area contributed by atoms with Gasteiger partial charge in [0, 0.05) is 18.6 Å². The van der Waals surface area contributed by atoms with E-state index in [1.54, 1.807) is 4.90 Å². The first-order valence-corrected chi connectivity index (χ1v) is 13.0. The number of nitrogens with zero attached hydrogens (tertiary/aromatic N) is 2. The van der Waals surface area contributed by atoms with Gasteiger partial charge in [0.15, 0.2) is 12.4 Å². The summed E-state index contributed by atoms with van der Waals surface area (Å²) in [6.45, 7) is 3.40. The number of unbranched alkanes of at least 4 members (excludes halogenated alkanes) is 14. The highest BCUT2D eigenvalue weighted by Gasteiger charge is 2.09. The van der Waals surface area contributed by atoms with Crippen LogP contribution in [0.5, 0.6) is 0 Å². The average Bonchev–Trinajstić information content (AvgIpc) is 2.81. The van der Waals surface area contributed by atoms with Gasteiger partial charge in [-0.1, -0.05) is 103 Å². The van der Waals surface area contributed by atoms with Crippen LogP contribution in [0.1, 0.15) is 110 Å². The number of pyridine rings is 1. The molecular formula is C27H47N2O3+. The van der Waals surface area contributed by atoms with Crippen LogP contribution in [0, 0.1) is 0 Å². The molecule has 0 aliphatic heterocycles. The molecule has 0 aliphatic carbocycles. The van der Waals surface area contributed by atoms with Crippen LogP contribution in [-0.4, -0.2) is 30.4 Å². The van der Waals surface area contributed by atoms with Crippen molar-refractivity contribution in [3.63, 3.8) is 0 Å². The highest BCUT2D eigenvalue weighted by atomic mass is 16.5. The number of esters is 1. The third-order valence-corrected chi connectivity index (χ3v) is 5.90. The zero-order valence-corrected chi connectivity index (χ0v) is 20.5. The summed E-state index contributed by atoms with van der Waals surface area (Å²) >= 11 is 0. The molecule has 1 aromatic heterocycles. The normalized spacial score (nSPS) is 10.8. The van der Waals surface area contributed by atoms with Crippen molar-refractivity contribution in [3.8, 4) is 0 Å². The molecule has 0 unspecified atom stereocenters. The molecule has 0 aromatic carbocycles. The van der Waals surface area contributed by atoms with E-state index >= 15 is 0 Å². The van der Waals surface area contributed by atoms with E-state index < -0.39 is 0 Å². The number of hydrogen-bond acceptors (Lipinski definition) is 3. The van der Waals surface area contributed by atoms with Crippen LogP contribution in [0.3, 0.4) is 0 Å². The minimum Gasteiger partial charge on any atom is -0.464 e. The first kappa shape index (κ1) is 28.1. The molecule has 0 fully saturated rings. The second kappa shape index (κ2) is 21.0. The number of hydrogen-bond donors (Lipinski definition) is 0. The van der Waals surface area contributed by atoms with E-state index in [-0.39, 0.29) is 12.6 Å². The minimum atomic E-state index is -0.155. The first-order chi connectivity index (χ1) is 15.8. The van der Waals surface area contributed by atoms with Crippen LogP contribution in [-0.2, 0) is 21.0 Å². The van der Waals surface area contributed by atoms with Crippen LogP contribution >= 0.6 is 0 Å². The largest absolute Gasteiger partial charge is 0.464 e. The SMILES string of the molecule is CCCCCCCCCCCCCCCCCC(=O)OCCN(C=O)C[n+]1ccccc1. The molecule has 0 saturated heterocycles. The highest BCUT2D eigenvalue weighted by molar-refractivity contribution is 5.69. The Hall–Kier alpha value is -1.91. The van der Waals surface area contributed by atoms with Crippen molar-refractivity contribution in [3.05, 3.63) is 30.6 Å². The van der Waals surface area contributed by atoms with E-state index in [4.69, 9.17) is 4.74 Å². The van der Waals surface area contributed by atoms with Crippen molar-refractivity contribution < 1.29 is 18.9 Å². The Bertz CT molecular complexity index is 565. The van der Waals surface area contributed by atoms with Crippen molar-refractivity contribution in [2.75, 3.05) is 13.2 Å². The van der Waals surface area contributed by atoms with Crippen LogP contribution in [0.4, 0.5) is 0 Å². The number of aromatic nitrogens is 1. The highest BCUT2D eigenvalue weighted by Crippen LogP contribution is 2.13. The van der Waals surface area contributed by atoms with E-state index in [1.807, 2.05) is 35.2 Å². The summed E-state index contributed by atoms with van der Waals surface area (Å²) in [4.78, 5) is 24.7. The lowest BCUT2D eigenvalue weighted by Gasteiger charge is -2.13. The predicted octanol–water partition coefficient (Wildman–Crippen LogP) is 6.19. The Morgan fingerprint density at radius 3 is 1.78 bits per heavy atom. The van der Waals surface area contributed by atoms with Gasteiger partial charge in [-0.05, 0) is 6.42 Å². The van der Waals surface area contributed by atoms with E-state index in [1.165, 1.54) is 83.5 Å². The van der Waals surface area contributed by atoms with Crippen LogP contribution in [0.25, 0.3) is 0 Å². The molecule has 0 spiro atoms. The lowest BCUT2D eigenvalue weighted by Crippen LogP contribution is -2.43. The molecule has 0 saturated carbocycles. The summed E-state index contributed by atoms with van der Waals surface area (Å²) in [5.74, 6) is -0.155. The number of amides is 1. The van der Waals surface area contributed by atoms with Gasteiger partial charge in [0.25, 0.3) is 0 Å². The molecule has 0 N–H and O–H groups in total. The fourth-order valence-electron chi connectivity index (χ4n) is 3.88. The van der Waals surface area contributed by atoms with E-state index in [0.29, 0.717) is 19.6 Å². The summed E-state index contributed by atoms with van der Waals surface area (Å²) in [5, 5.41) is 0. The van der Waals surface area contributed by atoms with Crippen molar-refractivity contribution >= 4 is 12.4 Å². The molecule has 1 amide bonds. The van der Waals surface area contributed by atoms with E-state index in [0.717, 1.165) is 19.3 Å². The molecule has 1 heterocycles. The maximum absolute atomic E-state index is 11.9. The first-order valence-electron chi connectivity index (χ1n) is 13.0. The molecule has 5 nitrogen and oxygen atoms in total. The minimum absolute atomic E-state index is 0.155. The molecule has 5 heteroatoms. The third-order valence-electron chi connectivity index (χ3n) is 5.90. The second-order valence-corrected chi connectivity index (χ2v) is 8.87. The van der Waals surface area contributed by atoms with Crippen molar-refractivity contribution in [2.45, 2.75) is 116 Å². The Balaban J connectivity index is 1.85. The molecular weight excluding hydrogens is 400 g/mol. The second-order valence-electron chi connectivity index (χ2n) is 8.87. The predicted molar refractivity (Wildman–Crippen MR) is 130 cm³/mol. The summed E-state index contributed by atoms with van der Waals surface area (Å²) in [6, 6.07) is 5.77. The number of carbonyl (C=O) groups excluding carboxylic acids is 2. The standard InChI is InChI=1S/C27H47N2O3/c1-2-3-4-5-6-7-8-9-10-11-12-13-14-15-17-20-27(31)32-24-23-29(26-30)25-28-21-18-16-19-22-28/h16,18-19,21-22,26H,2-15,17,20,23-25H2,1H3/q+1. The number of rotatable bonds is 22. The lowest BCUT2D eigenvalue weighted by atomic mass is 10.0. The van der Waals surface area contributed by atoms with Crippen molar-refractivity contribution in [1.29, 1.82) is 0 Å². The third kappa shape index (κ3) is 16.7. The summed E-state index contributed by atoms with van der Waals surface area (Å²) < 4.78 is 7.19. The quantitative estimate of drug-likeness (QED) is 0.0921. The van der Waals surface area contributed by atoms with Crippen LogP contribution < -0.4 is 4.57 Å². The Kier molecular flexibility index (Phi) is 18.4. The van der Waals surface area contributed by atoms with Gasteiger partial charge in [-0.25, -0.2) is 0 Å². The van der Waals surface area contributed by atoms with E-state index in [2.05, 4.69) is 6.92 Å². The maximum Gasteiger partial charge on any atom is 0.305 e. The molecule has 32 heavy (non-hydrogen) atoms.